The number of aromatic amines is 1. The van der Waals surface area contributed by atoms with Crippen LogP contribution in [0.25, 0.3) is 22.2 Å². The lowest BCUT2D eigenvalue weighted by Crippen LogP contribution is -2.29. The number of alkyl halides is 4. The highest BCUT2D eigenvalue weighted by Gasteiger charge is 2.36. The van der Waals surface area contributed by atoms with E-state index in [-0.39, 0.29) is 17.9 Å². The fourth-order valence-electron chi connectivity index (χ4n) is 5.06. The van der Waals surface area contributed by atoms with Gasteiger partial charge in [0.2, 0.25) is 0 Å². The molecule has 0 saturated carbocycles. The van der Waals surface area contributed by atoms with Gasteiger partial charge in [0.15, 0.2) is 0 Å². The summed E-state index contributed by atoms with van der Waals surface area (Å²) >= 11 is 5.42. The van der Waals surface area contributed by atoms with Crippen molar-refractivity contribution >= 4 is 28.5 Å². The molecule has 2 heterocycles. The molecular weight excluding hydrogens is 645 g/mol. The van der Waals surface area contributed by atoms with Crippen LogP contribution in [0.5, 0.6) is 11.5 Å². The predicted molar refractivity (Wildman–Crippen MR) is 180 cm³/mol. The normalized spacial score (nSPS) is 11.2. The Hall–Kier alpha value is -5.05. The Kier molecular flexibility index (Phi) is 11.4. The van der Waals surface area contributed by atoms with Crippen LogP contribution >= 0.6 is 11.6 Å². The van der Waals surface area contributed by atoms with Gasteiger partial charge < -0.3 is 24.3 Å². The molecule has 48 heavy (non-hydrogen) atoms. The summed E-state index contributed by atoms with van der Waals surface area (Å²) in [5, 5.41) is 19.3. The summed E-state index contributed by atoms with van der Waals surface area (Å²) in [5.41, 5.74) is 0.283. The van der Waals surface area contributed by atoms with Crippen molar-refractivity contribution < 1.29 is 27.8 Å². The van der Waals surface area contributed by atoms with Gasteiger partial charge in [0.05, 0.1) is 17.8 Å². The number of benzene rings is 3. The molecule has 0 atom stereocenters. The quantitative estimate of drug-likeness (QED) is 0.152. The van der Waals surface area contributed by atoms with Gasteiger partial charge in [-0.25, -0.2) is 4.79 Å². The zero-order valence-electron chi connectivity index (χ0n) is 26.8. The Balaban J connectivity index is 0.000000671. The van der Waals surface area contributed by atoms with Gasteiger partial charge in [-0.2, -0.15) is 18.4 Å². The SMILES string of the molecule is CN(C)CCCCl.Cc1ccc(Cn2c(-c3ccc(Oc4ccc5[nH]c(C(=O)O)cc5c4)cc3)cc(C(F)(F)F)c(C#N)c2=O)c(C)c1. The Bertz CT molecular complexity index is 2030. The van der Waals surface area contributed by atoms with Gasteiger partial charge >= 0.3 is 12.1 Å². The van der Waals surface area contributed by atoms with E-state index in [0.29, 0.717) is 28.0 Å². The highest BCUT2D eigenvalue weighted by Crippen LogP contribution is 2.35. The summed E-state index contributed by atoms with van der Waals surface area (Å²) in [4.78, 5) is 29.4. The molecule has 2 aromatic heterocycles. The number of carboxylic acids is 1. The molecule has 2 N–H and O–H groups in total. The van der Waals surface area contributed by atoms with E-state index in [0.717, 1.165) is 41.6 Å². The zero-order chi connectivity index (χ0) is 35.2. The molecule has 0 aliphatic rings. The number of aryl methyl sites for hydroxylation is 2. The van der Waals surface area contributed by atoms with Crippen molar-refractivity contribution in [1.29, 1.82) is 5.26 Å². The van der Waals surface area contributed by atoms with Crippen LogP contribution in [-0.4, -0.2) is 52.0 Å². The summed E-state index contributed by atoms with van der Waals surface area (Å²) in [6.07, 6.45) is -3.81. The Morgan fingerprint density at radius 2 is 1.71 bits per heavy atom. The smallest absolute Gasteiger partial charge is 0.417 e. The molecule has 5 rings (SSSR count). The Morgan fingerprint density at radius 1 is 1.02 bits per heavy atom. The maximum absolute atomic E-state index is 13.9. The second kappa shape index (κ2) is 15.2. The summed E-state index contributed by atoms with van der Waals surface area (Å²) < 4.78 is 48.7. The fourth-order valence-corrected chi connectivity index (χ4v) is 5.18. The van der Waals surface area contributed by atoms with Crippen molar-refractivity contribution in [3.63, 3.8) is 0 Å². The second-order valence-corrected chi connectivity index (χ2v) is 11.8. The highest BCUT2D eigenvalue weighted by molar-refractivity contribution is 6.17. The van der Waals surface area contributed by atoms with Gasteiger partial charge in [-0.1, -0.05) is 23.8 Å². The van der Waals surface area contributed by atoms with Crippen molar-refractivity contribution in [2.45, 2.75) is 33.0 Å². The molecule has 0 spiro atoms. The number of ether oxygens (including phenoxy) is 1. The van der Waals surface area contributed by atoms with Gasteiger partial charge in [-0.05, 0) is 112 Å². The fraction of sp³-hybridized carbons (Fsp3) is 0.250. The number of pyridine rings is 1. The molecule has 8 nitrogen and oxygen atoms in total. The minimum absolute atomic E-state index is 0.00259. The lowest BCUT2D eigenvalue weighted by Gasteiger charge is -2.19. The molecule has 250 valence electrons. The number of nitrogens with one attached hydrogen (secondary N) is 1. The third-order valence-electron chi connectivity index (χ3n) is 7.49. The second-order valence-electron chi connectivity index (χ2n) is 11.5. The first-order valence-corrected chi connectivity index (χ1v) is 15.4. The number of aromatic nitrogens is 2. The van der Waals surface area contributed by atoms with Crippen LogP contribution in [-0.2, 0) is 12.7 Å². The van der Waals surface area contributed by atoms with Crippen molar-refractivity contribution in [3.8, 4) is 28.8 Å². The lowest BCUT2D eigenvalue weighted by atomic mass is 10.0. The van der Waals surface area contributed by atoms with Crippen LogP contribution in [0.2, 0.25) is 0 Å². The molecule has 12 heteroatoms. The van der Waals surface area contributed by atoms with Crippen LogP contribution in [0.15, 0.2) is 77.6 Å². The maximum Gasteiger partial charge on any atom is 0.417 e. The van der Waals surface area contributed by atoms with Gasteiger partial charge in [0.1, 0.15) is 28.8 Å². The molecule has 0 bridgehead atoms. The van der Waals surface area contributed by atoms with Gasteiger partial charge in [-0.3, -0.25) is 4.79 Å². The number of carbonyl (C=O) groups is 1. The van der Waals surface area contributed by atoms with E-state index in [9.17, 15) is 33.1 Å². The van der Waals surface area contributed by atoms with E-state index in [2.05, 4.69) is 9.88 Å². The summed E-state index contributed by atoms with van der Waals surface area (Å²) in [5.74, 6) is 0.477. The molecule has 0 radical (unpaired) electrons. The molecule has 0 aliphatic carbocycles. The topological polar surface area (TPSA) is 111 Å². The molecule has 3 aromatic carbocycles. The number of nitrogens with zero attached hydrogens (tertiary/aromatic N) is 3. The predicted octanol–water partition coefficient (Wildman–Crippen LogP) is 8.22. The number of hydrogen-bond acceptors (Lipinski definition) is 5. The van der Waals surface area contributed by atoms with Crippen molar-refractivity contribution in [2.24, 2.45) is 0 Å². The van der Waals surface area contributed by atoms with Crippen molar-refractivity contribution in [2.75, 3.05) is 26.5 Å². The highest BCUT2D eigenvalue weighted by atomic mass is 35.5. The van der Waals surface area contributed by atoms with E-state index in [1.165, 1.54) is 28.8 Å². The van der Waals surface area contributed by atoms with Crippen LogP contribution in [0.4, 0.5) is 13.2 Å². The van der Waals surface area contributed by atoms with Gasteiger partial charge in [-0.15, -0.1) is 11.6 Å². The molecule has 0 aliphatic heterocycles. The van der Waals surface area contributed by atoms with Crippen molar-refractivity contribution in [3.05, 3.63) is 117 Å². The number of carboxylic acid groups (broad SMARTS) is 1. The molecule has 5 aromatic rings. The van der Waals surface area contributed by atoms with E-state index >= 15 is 0 Å². The first-order chi connectivity index (χ1) is 22.7. The van der Waals surface area contributed by atoms with E-state index in [1.54, 1.807) is 30.3 Å². The van der Waals surface area contributed by atoms with E-state index < -0.39 is 28.8 Å². The molecule has 0 amide bonds. The van der Waals surface area contributed by atoms with Gasteiger partial charge in [0.25, 0.3) is 5.56 Å². The summed E-state index contributed by atoms with van der Waals surface area (Å²) in [6, 6.07) is 20.5. The number of rotatable bonds is 9. The standard InChI is InChI=1S/C31H22F3N3O4.C5H12ClN/c1-17-3-4-20(18(2)11-17)16-37-28(14-25(31(32,33)34)24(15-35)29(37)38)19-5-7-22(8-6-19)41-23-9-10-26-21(12-23)13-27(36-26)30(39)40;1-7(2)5-3-4-6/h3-14,36H,16H2,1-2H3,(H,39,40);3-5H2,1-2H3. The number of fused-ring (bicyclic) bond motifs is 1. The number of aromatic carboxylic acids is 1. The number of H-pyrrole nitrogens is 1. The lowest BCUT2D eigenvalue weighted by molar-refractivity contribution is -0.137. The average Bonchev–Trinajstić information content (AvgIpc) is 3.46. The molecule has 0 fully saturated rings. The largest absolute Gasteiger partial charge is 0.477 e. The monoisotopic (exact) mass is 678 g/mol. The third kappa shape index (κ3) is 8.64. The van der Waals surface area contributed by atoms with Crippen LogP contribution in [0.3, 0.4) is 0 Å². The van der Waals surface area contributed by atoms with Crippen LogP contribution < -0.4 is 10.3 Å². The summed E-state index contributed by atoms with van der Waals surface area (Å²) in [6.45, 7) is 4.83. The van der Waals surface area contributed by atoms with Crippen LogP contribution in [0, 0.1) is 25.2 Å². The Morgan fingerprint density at radius 3 is 2.27 bits per heavy atom. The molecule has 0 saturated heterocycles. The van der Waals surface area contributed by atoms with Crippen molar-refractivity contribution in [1.82, 2.24) is 14.5 Å². The van der Waals surface area contributed by atoms with Gasteiger partial charge in [0, 0.05) is 16.8 Å². The minimum Gasteiger partial charge on any atom is -0.477 e. The first kappa shape index (κ1) is 35.8. The number of nitriles is 1. The summed E-state index contributed by atoms with van der Waals surface area (Å²) in [7, 11) is 4.10. The minimum atomic E-state index is -4.90. The maximum atomic E-state index is 13.9. The number of halogens is 4. The average molecular weight is 679 g/mol. The number of hydrogen-bond donors (Lipinski definition) is 2. The van der Waals surface area contributed by atoms with Crippen LogP contribution in [0.1, 0.15) is 44.7 Å². The Labute approximate surface area is 280 Å². The first-order valence-electron chi connectivity index (χ1n) is 14.9. The molecule has 0 unspecified atom stereocenters. The van der Waals surface area contributed by atoms with E-state index in [4.69, 9.17) is 16.3 Å². The third-order valence-corrected chi connectivity index (χ3v) is 7.76. The van der Waals surface area contributed by atoms with E-state index in [1.807, 2.05) is 46.1 Å². The molecular formula is C36H34ClF3N4O4. The zero-order valence-corrected chi connectivity index (χ0v) is 27.5.